The third-order valence-corrected chi connectivity index (χ3v) is 7.59. The fourth-order valence-corrected chi connectivity index (χ4v) is 5.24. The highest BCUT2D eigenvalue weighted by Crippen LogP contribution is 2.39. The first-order valence-corrected chi connectivity index (χ1v) is 14.7. The largest absolute Gasteiger partial charge is 0.490 e. The van der Waals surface area contributed by atoms with Crippen LogP contribution in [0.5, 0.6) is 0 Å². The number of rotatable bonds is 11. The Morgan fingerprint density at radius 2 is 1.62 bits per heavy atom. The molecular formula is C31H34F6N6O5. The van der Waals surface area contributed by atoms with Crippen molar-refractivity contribution in [3.8, 4) is 5.82 Å². The van der Waals surface area contributed by atoms with Crippen molar-refractivity contribution in [1.29, 1.82) is 0 Å². The van der Waals surface area contributed by atoms with Crippen LogP contribution in [0.3, 0.4) is 0 Å². The smallest absolute Gasteiger partial charge is 0.475 e. The number of carboxylic acids is 1. The number of carbonyl (C=O) groups excluding carboxylic acids is 3. The van der Waals surface area contributed by atoms with Crippen LogP contribution in [-0.2, 0) is 27.3 Å². The van der Waals surface area contributed by atoms with E-state index in [4.69, 9.17) is 15.6 Å². The van der Waals surface area contributed by atoms with Gasteiger partial charge in [0, 0.05) is 31.9 Å². The van der Waals surface area contributed by atoms with E-state index in [0.717, 1.165) is 5.56 Å². The maximum Gasteiger partial charge on any atom is 0.490 e. The molecule has 48 heavy (non-hydrogen) atoms. The Hall–Kier alpha value is -4.80. The normalized spacial score (nSPS) is 17.2. The Bertz CT molecular complexity index is 1550. The van der Waals surface area contributed by atoms with Crippen molar-refractivity contribution in [2.45, 2.75) is 57.0 Å². The number of nitrogens with zero attached hydrogens (tertiary/aromatic N) is 4. The number of pyridine rings is 1. The summed E-state index contributed by atoms with van der Waals surface area (Å²) in [4.78, 5) is 52.7. The average Bonchev–Trinajstić information content (AvgIpc) is 3.48. The number of ketones is 1. The summed E-state index contributed by atoms with van der Waals surface area (Å²) in [5, 5.41) is 14.3. The third kappa shape index (κ3) is 11.2. The van der Waals surface area contributed by atoms with Gasteiger partial charge in [0.25, 0.3) is 11.8 Å². The number of carbonyl (C=O) groups is 4. The molecule has 1 aliphatic carbocycles. The molecular weight excluding hydrogens is 650 g/mol. The molecule has 1 aliphatic rings. The summed E-state index contributed by atoms with van der Waals surface area (Å²) in [6.07, 6.45) is -4.54. The Kier molecular flexibility index (Phi) is 12.8. The minimum atomic E-state index is -5.08. The fraction of sp³-hybridized carbons (Fsp3) is 0.419. The van der Waals surface area contributed by atoms with Gasteiger partial charge < -0.3 is 21.1 Å². The number of benzene rings is 1. The van der Waals surface area contributed by atoms with E-state index in [1.54, 1.807) is 42.6 Å². The molecule has 17 heteroatoms. The maximum atomic E-state index is 13.3. The topological polar surface area (TPSA) is 161 Å². The van der Waals surface area contributed by atoms with Crippen LogP contribution >= 0.6 is 0 Å². The van der Waals surface area contributed by atoms with Gasteiger partial charge in [-0.25, -0.2) is 14.5 Å². The van der Waals surface area contributed by atoms with E-state index in [1.165, 1.54) is 16.9 Å². The van der Waals surface area contributed by atoms with Gasteiger partial charge in [-0.3, -0.25) is 14.4 Å². The minimum Gasteiger partial charge on any atom is -0.475 e. The summed E-state index contributed by atoms with van der Waals surface area (Å²) in [5.74, 6) is -6.21. The lowest BCUT2D eigenvalue weighted by Crippen LogP contribution is -2.47. The molecule has 0 bridgehead atoms. The lowest BCUT2D eigenvalue weighted by Gasteiger charge is -2.32. The number of aliphatic carboxylic acids is 1. The number of Topliss-reactive ketones (excluding diaryl/α,β-unsaturated/α-hetero) is 1. The summed E-state index contributed by atoms with van der Waals surface area (Å²) < 4.78 is 72.1. The molecule has 0 radical (unpaired) electrons. The zero-order valence-corrected chi connectivity index (χ0v) is 25.7. The number of halogens is 6. The van der Waals surface area contributed by atoms with Crippen LogP contribution in [0.2, 0.25) is 0 Å². The highest BCUT2D eigenvalue weighted by atomic mass is 19.4. The number of aromatic nitrogens is 3. The second-order valence-electron chi connectivity index (χ2n) is 11.3. The quantitative estimate of drug-likeness (QED) is 0.201. The van der Waals surface area contributed by atoms with Gasteiger partial charge in [0.05, 0.1) is 17.2 Å². The molecule has 0 saturated heterocycles. The van der Waals surface area contributed by atoms with Gasteiger partial charge in [0.15, 0.2) is 5.82 Å². The fourth-order valence-electron chi connectivity index (χ4n) is 5.24. The second kappa shape index (κ2) is 16.3. The van der Waals surface area contributed by atoms with Crippen LogP contribution in [-0.4, -0.2) is 80.3 Å². The van der Waals surface area contributed by atoms with Gasteiger partial charge in [-0.2, -0.15) is 31.4 Å². The van der Waals surface area contributed by atoms with Gasteiger partial charge in [-0.05, 0) is 62.4 Å². The van der Waals surface area contributed by atoms with Crippen molar-refractivity contribution in [3.63, 3.8) is 0 Å². The first kappa shape index (κ1) is 37.7. The Labute approximate surface area is 271 Å². The van der Waals surface area contributed by atoms with E-state index in [9.17, 15) is 40.7 Å². The second-order valence-corrected chi connectivity index (χ2v) is 11.3. The Balaban J connectivity index is 0.000000804. The molecule has 0 aliphatic heterocycles. The molecule has 11 nitrogen and oxygen atoms in total. The van der Waals surface area contributed by atoms with Crippen LogP contribution < -0.4 is 11.1 Å². The summed E-state index contributed by atoms with van der Waals surface area (Å²) in [6.45, 7) is 1.12. The van der Waals surface area contributed by atoms with Crippen LogP contribution in [0.25, 0.3) is 5.82 Å². The minimum absolute atomic E-state index is 0.0834. The number of carboxylic acid groups (broad SMARTS) is 1. The molecule has 3 aromatic rings. The maximum absolute atomic E-state index is 13.3. The number of hydrogen-bond donors (Lipinski definition) is 3. The number of hydrogen-bond acceptors (Lipinski definition) is 7. The zero-order valence-electron chi connectivity index (χ0n) is 25.7. The first-order chi connectivity index (χ1) is 22.5. The summed E-state index contributed by atoms with van der Waals surface area (Å²) in [7, 11) is 1.90. The molecule has 2 aromatic heterocycles. The molecule has 1 unspecified atom stereocenters. The molecule has 0 spiro atoms. The van der Waals surface area contributed by atoms with Crippen molar-refractivity contribution in [2.75, 3.05) is 13.6 Å². The number of nitrogens with one attached hydrogen (secondary N) is 1. The number of primary amides is 1. The summed E-state index contributed by atoms with van der Waals surface area (Å²) in [5.41, 5.74) is 6.82. The van der Waals surface area contributed by atoms with Crippen molar-refractivity contribution in [3.05, 3.63) is 77.7 Å². The van der Waals surface area contributed by atoms with E-state index in [1.807, 2.05) is 18.0 Å². The standard InChI is InChI=1S/C29H33F3N6O3.C2HF3O2/c1-37(17-20-9-11-21(12-10-20)29(30,31)32)18-22-13-15-38(36-22)27-23(8-5-14-34-27)28(41)35-24(25(39)26(33)40)16-19-6-3-2-4-7-19;3-2(4,5)1(6)7/h2-8,13-15,20-21,24H,9-12,16-18H2,1H3,(H2,33,40)(H,35,41);(H,6,7). The monoisotopic (exact) mass is 684 g/mol. The number of nitrogens with two attached hydrogens (primary N) is 1. The lowest BCUT2D eigenvalue weighted by molar-refractivity contribution is -0.192. The highest BCUT2D eigenvalue weighted by Gasteiger charge is 2.41. The highest BCUT2D eigenvalue weighted by molar-refractivity contribution is 6.38. The lowest BCUT2D eigenvalue weighted by atomic mass is 9.81. The Morgan fingerprint density at radius 1 is 1.00 bits per heavy atom. The van der Waals surface area contributed by atoms with Gasteiger partial charge >= 0.3 is 18.3 Å². The zero-order chi connectivity index (χ0) is 35.6. The molecule has 4 rings (SSSR count). The average molecular weight is 685 g/mol. The van der Waals surface area contributed by atoms with Gasteiger partial charge in [-0.15, -0.1) is 0 Å². The molecule has 1 atom stereocenters. The van der Waals surface area contributed by atoms with E-state index in [0.29, 0.717) is 31.6 Å². The molecule has 1 aromatic carbocycles. The van der Waals surface area contributed by atoms with E-state index < -0.39 is 47.9 Å². The predicted molar refractivity (Wildman–Crippen MR) is 158 cm³/mol. The third-order valence-electron chi connectivity index (χ3n) is 7.59. The van der Waals surface area contributed by atoms with E-state index in [2.05, 4.69) is 15.4 Å². The summed E-state index contributed by atoms with van der Waals surface area (Å²) in [6, 6.07) is 12.7. The first-order valence-electron chi connectivity index (χ1n) is 14.7. The van der Waals surface area contributed by atoms with Gasteiger partial charge in [-0.1, -0.05) is 30.3 Å². The van der Waals surface area contributed by atoms with Crippen LogP contribution in [0, 0.1) is 11.8 Å². The molecule has 1 fully saturated rings. The SMILES string of the molecule is CN(Cc1ccn(-c2ncccc2C(=O)NC(Cc2ccccc2)C(=O)C(N)=O)n1)CC1CCC(C(F)(F)F)CC1.O=C(O)C(F)(F)F. The number of amides is 2. The molecule has 260 valence electrons. The number of alkyl halides is 6. The van der Waals surface area contributed by atoms with Crippen molar-refractivity contribution in [1.82, 2.24) is 25.0 Å². The van der Waals surface area contributed by atoms with Crippen LogP contribution in [0.1, 0.15) is 47.3 Å². The van der Waals surface area contributed by atoms with E-state index >= 15 is 0 Å². The molecule has 2 heterocycles. The van der Waals surface area contributed by atoms with Crippen LogP contribution in [0.4, 0.5) is 26.3 Å². The van der Waals surface area contributed by atoms with Crippen LogP contribution in [0.15, 0.2) is 60.9 Å². The Morgan fingerprint density at radius 3 is 2.19 bits per heavy atom. The molecule has 4 N–H and O–H groups in total. The van der Waals surface area contributed by atoms with Crippen molar-refractivity contribution < 1.29 is 50.6 Å². The van der Waals surface area contributed by atoms with Gasteiger partial charge in [0.2, 0.25) is 5.78 Å². The predicted octanol–water partition coefficient (Wildman–Crippen LogP) is 4.10. The molecule has 1 saturated carbocycles. The van der Waals surface area contributed by atoms with E-state index in [-0.39, 0.29) is 36.6 Å². The molecule has 2 amide bonds. The van der Waals surface area contributed by atoms with Crippen molar-refractivity contribution >= 4 is 23.6 Å². The van der Waals surface area contributed by atoms with Crippen molar-refractivity contribution in [2.24, 2.45) is 17.6 Å². The van der Waals surface area contributed by atoms with Gasteiger partial charge in [0.1, 0.15) is 6.04 Å². The summed E-state index contributed by atoms with van der Waals surface area (Å²) >= 11 is 0.